The Labute approximate surface area is 163 Å². The Morgan fingerprint density at radius 2 is 2.07 bits per heavy atom. The zero-order valence-electron chi connectivity index (χ0n) is 14.7. The van der Waals surface area contributed by atoms with Crippen molar-refractivity contribution in [2.24, 2.45) is 0 Å². The van der Waals surface area contributed by atoms with Crippen molar-refractivity contribution in [2.75, 3.05) is 6.54 Å². The summed E-state index contributed by atoms with van der Waals surface area (Å²) in [5.74, 6) is -0.515. The average Bonchev–Trinajstić information content (AvgIpc) is 3.36. The molecule has 0 radical (unpaired) electrons. The molecule has 0 bridgehead atoms. The summed E-state index contributed by atoms with van der Waals surface area (Å²) in [6.45, 7) is 0.828. The quantitative estimate of drug-likeness (QED) is 0.541. The highest BCUT2D eigenvalue weighted by atomic mass is 32.1. The lowest BCUT2D eigenvalue weighted by Gasteiger charge is -2.07. The summed E-state index contributed by atoms with van der Waals surface area (Å²) >= 11 is 1.37. The number of fused-ring (bicyclic) bond motifs is 1. The first-order valence-corrected chi connectivity index (χ1v) is 9.47. The van der Waals surface area contributed by atoms with Gasteiger partial charge in [-0.25, -0.2) is 14.1 Å². The Balaban J connectivity index is 1.49. The van der Waals surface area contributed by atoms with E-state index in [4.69, 9.17) is 0 Å². The summed E-state index contributed by atoms with van der Waals surface area (Å²) in [6, 6.07) is 9.88. The standard InChI is InChI=1S/C19H16FN5O2S/c20-15-5-2-1-4-13(15)11-24-12-22-17-14(19(24)27)10-23-25(17)8-7-21-18(26)16-6-3-9-28-16/h1-6,9-10,12H,7-8,11H2,(H,21,26). The molecule has 4 rings (SSSR count). The number of halogens is 1. The van der Waals surface area contributed by atoms with Crippen LogP contribution in [0.2, 0.25) is 0 Å². The molecular weight excluding hydrogens is 381 g/mol. The van der Waals surface area contributed by atoms with Crippen LogP contribution in [0.1, 0.15) is 15.2 Å². The lowest BCUT2D eigenvalue weighted by Crippen LogP contribution is -2.27. The molecule has 142 valence electrons. The van der Waals surface area contributed by atoms with Crippen LogP contribution in [-0.4, -0.2) is 31.8 Å². The Kier molecular flexibility index (Phi) is 4.98. The first-order chi connectivity index (χ1) is 13.6. The van der Waals surface area contributed by atoms with Crippen LogP contribution in [-0.2, 0) is 13.1 Å². The third-order valence-corrected chi connectivity index (χ3v) is 5.14. The summed E-state index contributed by atoms with van der Waals surface area (Å²) in [5.41, 5.74) is 0.553. The molecule has 3 aromatic heterocycles. The van der Waals surface area contributed by atoms with Gasteiger partial charge in [0.1, 0.15) is 17.5 Å². The molecule has 1 aromatic carbocycles. The fourth-order valence-corrected chi connectivity index (χ4v) is 3.49. The molecule has 0 aliphatic heterocycles. The van der Waals surface area contributed by atoms with E-state index in [-0.39, 0.29) is 23.8 Å². The van der Waals surface area contributed by atoms with Gasteiger partial charge in [-0.1, -0.05) is 24.3 Å². The number of carbonyl (C=O) groups excluding carboxylic acids is 1. The van der Waals surface area contributed by atoms with Crippen LogP contribution in [0, 0.1) is 5.82 Å². The molecule has 7 nitrogen and oxygen atoms in total. The van der Waals surface area contributed by atoms with E-state index in [2.05, 4.69) is 15.4 Å². The van der Waals surface area contributed by atoms with E-state index in [1.165, 1.54) is 34.5 Å². The van der Waals surface area contributed by atoms with Crippen molar-refractivity contribution in [3.63, 3.8) is 0 Å². The number of nitrogens with zero attached hydrogens (tertiary/aromatic N) is 4. The minimum Gasteiger partial charge on any atom is -0.349 e. The number of thiophene rings is 1. The van der Waals surface area contributed by atoms with Gasteiger partial charge in [0.2, 0.25) is 0 Å². The second kappa shape index (κ2) is 7.73. The van der Waals surface area contributed by atoms with E-state index in [9.17, 15) is 14.0 Å². The smallest absolute Gasteiger partial charge is 0.264 e. The van der Waals surface area contributed by atoms with Crippen LogP contribution < -0.4 is 10.9 Å². The van der Waals surface area contributed by atoms with Gasteiger partial charge in [-0.15, -0.1) is 11.3 Å². The van der Waals surface area contributed by atoms with Crippen molar-refractivity contribution >= 4 is 28.3 Å². The zero-order chi connectivity index (χ0) is 19.5. The molecule has 4 aromatic rings. The maximum atomic E-state index is 13.8. The molecule has 28 heavy (non-hydrogen) atoms. The molecule has 0 fully saturated rings. The van der Waals surface area contributed by atoms with Crippen molar-refractivity contribution in [2.45, 2.75) is 13.1 Å². The monoisotopic (exact) mass is 397 g/mol. The number of nitrogens with one attached hydrogen (secondary N) is 1. The summed E-state index contributed by atoms with van der Waals surface area (Å²) < 4.78 is 16.8. The maximum Gasteiger partial charge on any atom is 0.264 e. The molecule has 0 unspecified atom stereocenters. The lowest BCUT2D eigenvalue weighted by atomic mass is 10.2. The number of benzene rings is 1. The van der Waals surface area contributed by atoms with Gasteiger partial charge in [0.05, 0.1) is 24.2 Å². The Morgan fingerprint density at radius 3 is 2.86 bits per heavy atom. The van der Waals surface area contributed by atoms with Crippen molar-refractivity contribution in [1.29, 1.82) is 0 Å². The first-order valence-electron chi connectivity index (χ1n) is 8.59. The van der Waals surface area contributed by atoms with E-state index in [1.54, 1.807) is 28.9 Å². The lowest BCUT2D eigenvalue weighted by molar-refractivity contribution is 0.0956. The van der Waals surface area contributed by atoms with Crippen molar-refractivity contribution in [3.05, 3.63) is 80.9 Å². The fraction of sp³-hybridized carbons (Fsp3) is 0.158. The van der Waals surface area contributed by atoms with Crippen LogP contribution in [0.3, 0.4) is 0 Å². The summed E-state index contributed by atoms with van der Waals surface area (Å²) in [4.78, 5) is 29.6. The van der Waals surface area contributed by atoms with Gasteiger partial charge in [-0.2, -0.15) is 5.10 Å². The maximum absolute atomic E-state index is 13.8. The van der Waals surface area contributed by atoms with Crippen LogP contribution in [0.25, 0.3) is 11.0 Å². The van der Waals surface area contributed by atoms with Crippen LogP contribution in [0.4, 0.5) is 4.39 Å². The molecule has 1 amide bonds. The number of amides is 1. The Bertz CT molecular complexity index is 1180. The summed E-state index contributed by atoms with van der Waals surface area (Å²) in [5, 5.41) is 9.20. The first kappa shape index (κ1) is 18.1. The van der Waals surface area contributed by atoms with E-state index in [0.29, 0.717) is 34.6 Å². The molecule has 9 heteroatoms. The highest BCUT2D eigenvalue weighted by Gasteiger charge is 2.12. The predicted molar refractivity (Wildman–Crippen MR) is 104 cm³/mol. The van der Waals surface area contributed by atoms with E-state index in [0.717, 1.165) is 0 Å². The van der Waals surface area contributed by atoms with E-state index >= 15 is 0 Å². The van der Waals surface area contributed by atoms with Gasteiger partial charge in [0, 0.05) is 12.1 Å². The van der Waals surface area contributed by atoms with Gasteiger partial charge in [0.25, 0.3) is 11.5 Å². The van der Waals surface area contributed by atoms with E-state index in [1.807, 2.05) is 11.4 Å². The summed E-state index contributed by atoms with van der Waals surface area (Å²) in [6.07, 6.45) is 2.84. The highest BCUT2D eigenvalue weighted by molar-refractivity contribution is 7.12. The van der Waals surface area contributed by atoms with Crippen LogP contribution >= 0.6 is 11.3 Å². The number of carbonyl (C=O) groups is 1. The fourth-order valence-electron chi connectivity index (χ4n) is 2.85. The van der Waals surface area contributed by atoms with Gasteiger partial charge in [-0.05, 0) is 17.5 Å². The van der Waals surface area contributed by atoms with Crippen molar-refractivity contribution < 1.29 is 9.18 Å². The third-order valence-electron chi connectivity index (χ3n) is 4.27. The van der Waals surface area contributed by atoms with Gasteiger partial charge in [0.15, 0.2) is 5.65 Å². The SMILES string of the molecule is O=C(NCCn1ncc2c(=O)n(Cc3ccccc3F)cnc21)c1cccs1. The molecule has 0 saturated carbocycles. The predicted octanol–water partition coefficient (Wildman–Crippen LogP) is 2.27. The molecule has 0 aliphatic carbocycles. The molecule has 0 spiro atoms. The molecule has 0 saturated heterocycles. The molecule has 0 aliphatic rings. The van der Waals surface area contributed by atoms with Crippen LogP contribution in [0.5, 0.6) is 0 Å². The second-order valence-corrected chi connectivity index (χ2v) is 7.05. The zero-order valence-corrected chi connectivity index (χ0v) is 15.5. The normalized spacial score (nSPS) is 11.0. The van der Waals surface area contributed by atoms with E-state index < -0.39 is 0 Å². The topological polar surface area (TPSA) is 81.8 Å². The molecule has 3 heterocycles. The minimum atomic E-state index is -0.369. The number of aromatic nitrogens is 4. The van der Waals surface area contributed by atoms with Crippen molar-refractivity contribution in [1.82, 2.24) is 24.6 Å². The second-order valence-electron chi connectivity index (χ2n) is 6.11. The van der Waals surface area contributed by atoms with Crippen LogP contribution in [0.15, 0.2) is 59.1 Å². The number of rotatable bonds is 6. The third kappa shape index (κ3) is 3.56. The molecule has 1 N–H and O–H groups in total. The van der Waals surface area contributed by atoms with Gasteiger partial charge in [-0.3, -0.25) is 14.2 Å². The highest BCUT2D eigenvalue weighted by Crippen LogP contribution is 2.10. The number of hydrogen-bond acceptors (Lipinski definition) is 5. The Morgan fingerprint density at radius 1 is 1.21 bits per heavy atom. The molecular formula is C19H16FN5O2S. The summed E-state index contributed by atoms with van der Waals surface area (Å²) in [7, 11) is 0. The van der Waals surface area contributed by atoms with Gasteiger partial charge < -0.3 is 5.32 Å². The largest absolute Gasteiger partial charge is 0.349 e. The van der Waals surface area contributed by atoms with Gasteiger partial charge >= 0.3 is 0 Å². The molecule has 0 atom stereocenters. The minimum absolute atomic E-state index is 0.0937. The Hall–Kier alpha value is -3.33. The van der Waals surface area contributed by atoms with Crippen molar-refractivity contribution in [3.8, 4) is 0 Å². The average molecular weight is 397 g/mol. The number of hydrogen-bond donors (Lipinski definition) is 1.